The maximum absolute atomic E-state index is 12.2. The fourth-order valence-corrected chi connectivity index (χ4v) is 3.68. The lowest BCUT2D eigenvalue weighted by Crippen LogP contribution is -2.25. The highest BCUT2D eigenvalue weighted by atomic mass is 79.9. The normalized spacial score (nSPS) is 10.6. The lowest BCUT2D eigenvalue weighted by Gasteiger charge is -2.07. The maximum atomic E-state index is 12.2. The van der Waals surface area contributed by atoms with Gasteiger partial charge >= 0.3 is 0 Å². The SMILES string of the molecule is Cc1c([N+](=O)[O-])cn(CC(=O)c2sccc2Br)c(=O)c1Br. The van der Waals surface area contributed by atoms with E-state index < -0.39 is 10.5 Å². The highest BCUT2D eigenvalue weighted by Gasteiger charge is 2.20. The number of aromatic nitrogens is 1. The molecule has 0 aliphatic rings. The highest BCUT2D eigenvalue weighted by molar-refractivity contribution is 9.10. The first-order chi connectivity index (χ1) is 9.82. The average molecular weight is 436 g/mol. The second-order valence-corrected chi connectivity index (χ2v) is 6.73. The monoisotopic (exact) mass is 434 g/mol. The molecule has 9 heteroatoms. The Morgan fingerprint density at radius 2 is 2.14 bits per heavy atom. The van der Waals surface area contributed by atoms with E-state index in [1.807, 2.05) is 0 Å². The van der Waals surface area contributed by atoms with Gasteiger partial charge < -0.3 is 0 Å². The summed E-state index contributed by atoms with van der Waals surface area (Å²) in [4.78, 5) is 35.1. The number of nitro groups is 1. The standard InChI is InChI=1S/C12H8Br2N2O4S/c1-6-8(16(19)20)4-15(12(18)10(6)14)5-9(17)11-7(13)2-3-21-11/h2-4H,5H2,1H3. The van der Waals surface area contributed by atoms with Crippen molar-refractivity contribution in [1.82, 2.24) is 4.57 Å². The molecule has 2 rings (SSSR count). The molecule has 0 amide bonds. The number of ketones is 1. The van der Waals surface area contributed by atoms with Crippen LogP contribution in [0.4, 0.5) is 5.69 Å². The fraction of sp³-hybridized carbons (Fsp3) is 0.167. The molecule has 2 aromatic heterocycles. The van der Waals surface area contributed by atoms with Crippen LogP contribution in [-0.4, -0.2) is 15.3 Å². The lowest BCUT2D eigenvalue weighted by molar-refractivity contribution is -0.386. The van der Waals surface area contributed by atoms with Gasteiger partial charge in [0.15, 0.2) is 5.78 Å². The third kappa shape index (κ3) is 3.14. The summed E-state index contributed by atoms with van der Waals surface area (Å²) in [6.45, 7) is 1.23. The third-order valence-electron chi connectivity index (χ3n) is 2.82. The van der Waals surface area contributed by atoms with Crippen LogP contribution in [0.1, 0.15) is 15.2 Å². The van der Waals surface area contributed by atoms with E-state index in [2.05, 4.69) is 31.9 Å². The summed E-state index contributed by atoms with van der Waals surface area (Å²) < 4.78 is 1.78. The van der Waals surface area contributed by atoms with E-state index in [0.29, 0.717) is 9.35 Å². The molecule has 6 nitrogen and oxygen atoms in total. The molecule has 0 saturated heterocycles. The fourth-order valence-electron chi connectivity index (χ4n) is 1.72. The number of carbonyl (C=O) groups excluding carboxylic acids is 1. The lowest BCUT2D eigenvalue weighted by atomic mass is 10.2. The molecule has 0 aromatic carbocycles. The zero-order chi connectivity index (χ0) is 15.7. The number of nitrogens with zero attached hydrogens (tertiary/aromatic N) is 2. The van der Waals surface area contributed by atoms with Crippen LogP contribution in [0.5, 0.6) is 0 Å². The topological polar surface area (TPSA) is 82.2 Å². The van der Waals surface area contributed by atoms with Gasteiger partial charge in [-0.1, -0.05) is 0 Å². The number of Topliss-reactive ketones (excluding diaryl/α,β-unsaturated/α-hetero) is 1. The molecule has 0 bridgehead atoms. The molecule has 0 saturated carbocycles. The van der Waals surface area contributed by atoms with Gasteiger partial charge in [-0.25, -0.2) is 0 Å². The summed E-state index contributed by atoms with van der Waals surface area (Å²) >= 11 is 7.54. The third-order valence-corrected chi connectivity index (χ3v) is 5.63. The average Bonchev–Trinajstić information content (AvgIpc) is 2.85. The van der Waals surface area contributed by atoms with Crippen molar-refractivity contribution in [1.29, 1.82) is 0 Å². The van der Waals surface area contributed by atoms with Gasteiger partial charge in [0.05, 0.1) is 27.0 Å². The van der Waals surface area contributed by atoms with Gasteiger partial charge in [0, 0.05) is 10.0 Å². The van der Waals surface area contributed by atoms with Gasteiger partial charge in [-0.2, -0.15) is 0 Å². The minimum atomic E-state index is -0.582. The molecule has 0 N–H and O–H groups in total. The Morgan fingerprint density at radius 1 is 1.48 bits per heavy atom. The molecular formula is C12H8Br2N2O4S. The predicted octanol–water partition coefficient (Wildman–Crippen LogP) is 3.53. The van der Waals surface area contributed by atoms with Crippen LogP contribution < -0.4 is 5.56 Å². The number of thiophene rings is 1. The van der Waals surface area contributed by atoms with E-state index >= 15 is 0 Å². The van der Waals surface area contributed by atoms with Crippen LogP contribution in [0.3, 0.4) is 0 Å². The van der Waals surface area contributed by atoms with Crippen LogP contribution in [0.15, 0.2) is 31.4 Å². The Kier molecular flexibility index (Phi) is 4.74. The van der Waals surface area contributed by atoms with Crippen molar-refractivity contribution >= 4 is 54.7 Å². The zero-order valence-electron chi connectivity index (χ0n) is 10.6. The molecular weight excluding hydrogens is 428 g/mol. The van der Waals surface area contributed by atoms with E-state index in [1.165, 1.54) is 18.3 Å². The van der Waals surface area contributed by atoms with Crippen LogP contribution in [-0.2, 0) is 6.54 Å². The van der Waals surface area contributed by atoms with Gasteiger partial charge in [-0.15, -0.1) is 11.3 Å². The van der Waals surface area contributed by atoms with Crippen LogP contribution in [0.2, 0.25) is 0 Å². The van der Waals surface area contributed by atoms with Crippen molar-refractivity contribution in [3.8, 4) is 0 Å². The molecule has 2 heterocycles. The number of halogens is 2. The van der Waals surface area contributed by atoms with Crippen molar-refractivity contribution in [2.45, 2.75) is 13.5 Å². The second kappa shape index (κ2) is 6.20. The minimum absolute atomic E-state index is 0.0924. The van der Waals surface area contributed by atoms with Gasteiger partial charge in [-0.3, -0.25) is 24.3 Å². The molecule has 0 fully saturated rings. The minimum Gasteiger partial charge on any atom is -0.300 e. The second-order valence-electron chi connectivity index (χ2n) is 4.16. The molecule has 0 radical (unpaired) electrons. The number of carbonyl (C=O) groups is 1. The highest BCUT2D eigenvalue weighted by Crippen LogP contribution is 2.25. The Hall–Kier alpha value is -1.32. The zero-order valence-corrected chi connectivity index (χ0v) is 14.6. The number of hydrogen-bond acceptors (Lipinski definition) is 5. The van der Waals surface area contributed by atoms with E-state index in [4.69, 9.17) is 0 Å². The van der Waals surface area contributed by atoms with Crippen LogP contribution in [0, 0.1) is 17.0 Å². The molecule has 0 unspecified atom stereocenters. The van der Waals surface area contributed by atoms with Crippen molar-refractivity contribution in [3.05, 3.63) is 57.5 Å². The van der Waals surface area contributed by atoms with Gasteiger partial charge in [0.2, 0.25) is 0 Å². The Balaban J connectivity index is 2.46. The number of rotatable bonds is 4. The van der Waals surface area contributed by atoms with Crippen LogP contribution >= 0.6 is 43.2 Å². The molecule has 110 valence electrons. The summed E-state index contributed by atoms with van der Waals surface area (Å²) in [5.74, 6) is -0.288. The Labute approximate surface area is 139 Å². The summed E-state index contributed by atoms with van der Waals surface area (Å²) in [6.07, 6.45) is 1.10. The molecule has 2 aromatic rings. The largest absolute Gasteiger partial charge is 0.300 e. The van der Waals surface area contributed by atoms with Gasteiger partial charge in [0.25, 0.3) is 11.2 Å². The van der Waals surface area contributed by atoms with Crippen LogP contribution in [0.25, 0.3) is 0 Å². The molecule has 21 heavy (non-hydrogen) atoms. The molecule has 0 spiro atoms. The first kappa shape index (κ1) is 16.1. The smallest absolute Gasteiger partial charge is 0.289 e. The summed E-state index contributed by atoms with van der Waals surface area (Å²) in [5.41, 5.74) is -0.440. The predicted molar refractivity (Wildman–Crippen MR) is 86.1 cm³/mol. The van der Waals surface area contributed by atoms with Crippen molar-refractivity contribution < 1.29 is 9.72 Å². The van der Waals surface area contributed by atoms with E-state index in [0.717, 1.165) is 10.8 Å². The van der Waals surface area contributed by atoms with Crippen molar-refractivity contribution in [2.75, 3.05) is 0 Å². The quantitative estimate of drug-likeness (QED) is 0.417. The Bertz CT molecular complexity index is 797. The van der Waals surface area contributed by atoms with E-state index in [1.54, 1.807) is 11.4 Å². The summed E-state index contributed by atoms with van der Waals surface area (Å²) in [7, 11) is 0. The number of pyridine rings is 1. The van der Waals surface area contributed by atoms with E-state index in [9.17, 15) is 19.7 Å². The first-order valence-corrected chi connectivity index (χ1v) is 8.09. The van der Waals surface area contributed by atoms with Gasteiger partial charge in [-0.05, 0) is 50.2 Å². The first-order valence-electron chi connectivity index (χ1n) is 5.63. The van der Waals surface area contributed by atoms with Crippen molar-refractivity contribution in [3.63, 3.8) is 0 Å². The summed E-state index contributed by atoms with van der Waals surface area (Å²) in [6, 6.07) is 1.73. The van der Waals surface area contributed by atoms with E-state index in [-0.39, 0.29) is 28.1 Å². The van der Waals surface area contributed by atoms with Crippen molar-refractivity contribution in [2.24, 2.45) is 0 Å². The van der Waals surface area contributed by atoms with Gasteiger partial charge in [0.1, 0.15) is 0 Å². The molecule has 0 atom stereocenters. The molecule has 0 aliphatic carbocycles. The number of hydrogen-bond donors (Lipinski definition) is 0. The maximum Gasteiger partial charge on any atom is 0.289 e. The molecule has 0 aliphatic heterocycles. The summed E-state index contributed by atoms with van der Waals surface area (Å²) in [5, 5.41) is 12.7. The Morgan fingerprint density at radius 3 is 2.67 bits per heavy atom.